The van der Waals surface area contributed by atoms with Gasteiger partial charge in [0.05, 0.1) is 30.8 Å². The first-order valence-corrected chi connectivity index (χ1v) is 16.4. The van der Waals surface area contributed by atoms with Crippen LogP contribution in [-0.2, 0) is 28.6 Å². The van der Waals surface area contributed by atoms with Crippen LogP contribution < -0.4 is 15.0 Å². The maximum absolute atomic E-state index is 13.4. The predicted molar refractivity (Wildman–Crippen MR) is 162 cm³/mol. The molecule has 13 heteroatoms. The topological polar surface area (TPSA) is 154 Å². The second kappa shape index (κ2) is 14.7. The number of carbonyl (C=O) groups excluding carboxylic acids is 2. The van der Waals surface area contributed by atoms with Gasteiger partial charge in [0.1, 0.15) is 16.9 Å². The number of ether oxygens (including phenoxy) is 3. The van der Waals surface area contributed by atoms with Crippen molar-refractivity contribution in [1.82, 2.24) is 10.3 Å². The summed E-state index contributed by atoms with van der Waals surface area (Å²) in [6, 6.07) is 9.69. The normalized spacial score (nSPS) is 18.4. The van der Waals surface area contributed by atoms with Crippen LogP contribution in [0.4, 0.5) is 5.69 Å². The number of aromatic nitrogens is 1. The van der Waals surface area contributed by atoms with E-state index in [0.717, 1.165) is 17.7 Å². The van der Waals surface area contributed by atoms with Gasteiger partial charge in [-0.3, -0.25) is 8.98 Å². The van der Waals surface area contributed by atoms with Crippen LogP contribution in [0.2, 0.25) is 0 Å². The van der Waals surface area contributed by atoms with E-state index in [1.807, 2.05) is 6.92 Å². The summed E-state index contributed by atoms with van der Waals surface area (Å²) in [4.78, 5) is 33.2. The largest absolute Gasteiger partial charge is 0.476 e. The van der Waals surface area contributed by atoms with Crippen molar-refractivity contribution in [1.29, 1.82) is 0 Å². The van der Waals surface area contributed by atoms with Crippen LogP contribution in [-0.4, -0.2) is 88.7 Å². The molecule has 1 saturated carbocycles. The van der Waals surface area contributed by atoms with E-state index in [1.54, 1.807) is 45.2 Å². The Kier molecular flexibility index (Phi) is 11.2. The molecule has 2 heterocycles. The van der Waals surface area contributed by atoms with E-state index in [9.17, 15) is 23.1 Å². The fourth-order valence-electron chi connectivity index (χ4n) is 4.97. The maximum atomic E-state index is 13.4. The Labute approximate surface area is 259 Å². The molecule has 0 bridgehead atoms. The van der Waals surface area contributed by atoms with Gasteiger partial charge in [0.15, 0.2) is 0 Å². The number of aryl methyl sites for hydroxylation is 1. The number of nitrogens with zero attached hydrogens (tertiary/aromatic N) is 2. The Morgan fingerprint density at radius 2 is 1.77 bits per heavy atom. The molecular weight excluding hydrogens is 590 g/mol. The van der Waals surface area contributed by atoms with E-state index >= 15 is 0 Å². The van der Waals surface area contributed by atoms with E-state index in [4.69, 9.17) is 18.4 Å². The van der Waals surface area contributed by atoms with Gasteiger partial charge in [-0.25, -0.2) is 9.78 Å². The van der Waals surface area contributed by atoms with Crippen molar-refractivity contribution >= 4 is 27.7 Å². The number of benzene rings is 1. The second-order valence-corrected chi connectivity index (χ2v) is 13.0. The van der Waals surface area contributed by atoms with Crippen molar-refractivity contribution in [2.75, 3.05) is 51.5 Å². The molecule has 44 heavy (non-hydrogen) atoms. The van der Waals surface area contributed by atoms with Gasteiger partial charge in [0.25, 0.3) is 16.0 Å². The highest BCUT2D eigenvalue weighted by molar-refractivity contribution is 7.86. The van der Waals surface area contributed by atoms with E-state index < -0.39 is 27.5 Å². The number of aliphatic hydroxyl groups excluding tert-OH is 1. The molecule has 1 aliphatic heterocycles. The minimum Gasteiger partial charge on any atom is -0.476 e. The number of aliphatic hydroxyl groups is 1. The van der Waals surface area contributed by atoms with Crippen molar-refractivity contribution < 1.29 is 41.5 Å². The average molecular weight is 634 g/mol. The zero-order chi connectivity index (χ0) is 31.9. The van der Waals surface area contributed by atoms with Gasteiger partial charge in [-0.15, -0.1) is 0 Å². The summed E-state index contributed by atoms with van der Waals surface area (Å²) in [6.07, 6.45) is 1.68. The van der Waals surface area contributed by atoms with Crippen molar-refractivity contribution in [3.05, 3.63) is 47.7 Å². The number of nitrogens with one attached hydrogen (secondary N) is 1. The molecule has 1 aromatic carbocycles. The summed E-state index contributed by atoms with van der Waals surface area (Å²) in [5.74, 6) is -0.395. The zero-order valence-corrected chi connectivity index (χ0v) is 26.6. The molecular formula is C31H43N3O9S. The first-order chi connectivity index (χ1) is 21.1. The third-order valence-corrected chi connectivity index (χ3v) is 9.68. The Morgan fingerprint density at radius 1 is 1.07 bits per heavy atom. The number of hydrogen-bond acceptors (Lipinski definition) is 11. The van der Waals surface area contributed by atoms with E-state index in [2.05, 4.69) is 15.2 Å². The third-order valence-electron chi connectivity index (χ3n) is 8.35. The van der Waals surface area contributed by atoms with Crippen molar-refractivity contribution in [3.63, 3.8) is 0 Å². The molecule has 2 fully saturated rings. The quantitative estimate of drug-likeness (QED) is 0.150. The van der Waals surface area contributed by atoms with E-state index in [-0.39, 0.29) is 67.6 Å². The SMILES string of the molecule is CCC(CC)(NC(=O)c1ccc(N2CC(OC)C2)c(OC[C@H]2C[C@@H]2CO)n1)C(=O)OCCCOS(=O)(=O)c1ccc(C)cc1. The zero-order valence-electron chi connectivity index (χ0n) is 25.8. The smallest absolute Gasteiger partial charge is 0.331 e. The van der Waals surface area contributed by atoms with Gasteiger partial charge in [0, 0.05) is 33.2 Å². The molecule has 1 saturated heterocycles. The highest BCUT2D eigenvalue weighted by Crippen LogP contribution is 2.39. The predicted octanol–water partition coefficient (Wildman–Crippen LogP) is 2.86. The lowest BCUT2D eigenvalue weighted by atomic mass is 9.92. The average Bonchev–Trinajstić information content (AvgIpc) is 3.77. The molecule has 0 radical (unpaired) electrons. The lowest BCUT2D eigenvalue weighted by molar-refractivity contribution is -0.152. The minimum absolute atomic E-state index is 0.0555. The van der Waals surface area contributed by atoms with Gasteiger partial charge >= 0.3 is 5.97 Å². The number of methoxy groups -OCH3 is 1. The summed E-state index contributed by atoms with van der Waals surface area (Å²) in [5, 5.41) is 12.2. The number of hydrogen-bond donors (Lipinski definition) is 2. The van der Waals surface area contributed by atoms with Gasteiger partial charge in [-0.1, -0.05) is 31.5 Å². The highest BCUT2D eigenvalue weighted by atomic mass is 32.2. The monoisotopic (exact) mass is 633 g/mol. The van der Waals surface area contributed by atoms with Gasteiger partial charge in [0.2, 0.25) is 5.88 Å². The molecule has 0 spiro atoms. The Morgan fingerprint density at radius 3 is 2.39 bits per heavy atom. The fraction of sp³-hybridized carbons (Fsp3) is 0.581. The van der Waals surface area contributed by atoms with Crippen LogP contribution in [0.1, 0.15) is 55.6 Å². The Hall–Kier alpha value is -3.26. The number of anilines is 1. The molecule has 1 aromatic heterocycles. The van der Waals surface area contributed by atoms with Crippen LogP contribution in [0.3, 0.4) is 0 Å². The minimum atomic E-state index is -3.92. The van der Waals surface area contributed by atoms with Crippen LogP contribution in [0.25, 0.3) is 0 Å². The molecule has 0 unspecified atom stereocenters. The molecule has 2 aliphatic rings. The summed E-state index contributed by atoms with van der Waals surface area (Å²) in [6.45, 7) is 7.00. The summed E-state index contributed by atoms with van der Waals surface area (Å²) < 4.78 is 46.7. The molecule has 1 aliphatic carbocycles. The number of carbonyl (C=O) groups is 2. The maximum Gasteiger partial charge on any atom is 0.331 e. The molecule has 4 rings (SSSR count). The van der Waals surface area contributed by atoms with Gasteiger partial charge < -0.3 is 29.5 Å². The van der Waals surface area contributed by atoms with Crippen LogP contribution in [0, 0.1) is 18.8 Å². The van der Waals surface area contributed by atoms with Crippen molar-refractivity contribution in [3.8, 4) is 5.88 Å². The molecule has 2 atom stereocenters. The van der Waals surface area contributed by atoms with Crippen molar-refractivity contribution in [2.45, 2.75) is 63.0 Å². The highest BCUT2D eigenvalue weighted by Gasteiger charge is 2.40. The third kappa shape index (κ3) is 8.06. The molecule has 242 valence electrons. The molecule has 12 nitrogen and oxygen atoms in total. The first kappa shape index (κ1) is 33.6. The summed E-state index contributed by atoms with van der Waals surface area (Å²) in [5.41, 5.74) is 0.464. The summed E-state index contributed by atoms with van der Waals surface area (Å²) in [7, 11) is -2.26. The Bertz CT molecular complexity index is 1390. The van der Waals surface area contributed by atoms with Crippen LogP contribution in [0.5, 0.6) is 5.88 Å². The molecule has 2 aromatic rings. The Balaban J connectivity index is 1.35. The number of esters is 1. The van der Waals surface area contributed by atoms with E-state index in [0.29, 0.717) is 25.6 Å². The fourth-order valence-corrected chi connectivity index (χ4v) is 5.91. The summed E-state index contributed by atoms with van der Waals surface area (Å²) >= 11 is 0. The standard InChI is InChI=1S/C31H43N3O9S/c1-5-31(6-2,30(37)41-14-7-15-43-44(38,39)25-10-8-21(3)9-11-25)33-28(36)26-12-13-27(34-17-24(18-34)40-4)29(32-26)42-20-23-16-22(23)19-35/h8-13,22-24,35H,5-7,14-20H2,1-4H3,(H,33,36)/t22-,23-/m1/s1. The lowest BCUT2D eigenvalue weighted by Gasteiger charge is -2.40. The van der Waals surface area contributed by atoms with Crippen LogP contribution >= 0.6 is 0 Å². The van der Waals surface area contributed by atoms with E-state index in [1.165, 1.54) is 12.1 Å². The number of rotatable bonds is 17. The van der Waals surface area contributed by atoms with Gasteiger partial charge in [-0.05, 0) is 62.3 Å². The first-order valence-electron chi connectivity index (χ1n) is 15.0. The molecule has 1 amide bonds. The lowest BCUT2D eigenvalue weighted by Crippen LogP contribution is -2.54. The van der Waals surface area contributed by atoms with Crippen LogP contribution in [0.15, 0.2) is 41.3 Å². The van der Waals surface area contributed by atoms with Crippen molar-refractivity contribution in [2.24, 2.45) is 11.8 Å². The molecule has 2 N–H and O–H groups in total. The number of amides is 1. The van der Waals surface area contributed by atoms with Gasteiger partial charge in [-0.2, -0.15) is 8.42 Å². The second-order valence-electron chi connectivity index (χ2n) is 11.4. The number of pyridine rings is 1.